The Bertz CT molecular complexity index is 541. The van der Waals surface area contributed by atoms with Crippen molar-refractivity contribution < 1.29 is 4.63 Å². The van der Waals surface area contributed by atoms with Gasteiger partial charge in [-0.25, -0.2) is 4.63 Å². The molecule has 2 N–H and O–H groups in total. The summed E-state index contributed by atoms with van der Waals surface area (Å²) in [7, 11) is 0. The van der Waals surface area contributed by atoms with Gasteiger partial charge in [-0.15, -0.1) is 0 Å². The summed E-state index contributed by atoms with van der Waals surface area (Å²) in [4.78, 5) is 2.33. The van der Waals surface area contributed by atoms with Gasteiger partial charge in [0.05, 0.1) is 11.4 Å². The van der Waals surface area contributed by atoms with Crippen LogP contribution < -0.4 is 10.6 Å². The molecular weight excluding hydrogens is 236 g/mol. The number of rotatable bonds is 1. The molecule has 1 saturated heterocycles. The van der Waals surface area contributed by atoms with E-state index in [9.17, 15) is 0 Å². The van der Waals surface area contributed by atoms with E-state index in [4.69, 9.17) is 10.4 Å². The van der Waals surface area contributed by atoms with Crippen LogP contribution in [0.2, 0.25) is 0 Å². The van der Waals surface area contributed by atoms with Crippen molar-refractivity contribution in [2.24, 2.45) is 0 Å². The number of benzene rings is 1. The summed E-state index contributed by atoms with van der Waals surface area (Å²) in [5.74, 6) is 1.14. The topological polar surface area (TPSA) is 68.2 Å². The summed E-state index contributed by atoms with van der Waals surface area (Å²) < 4.78 is 4.79. The number of anilines is 2. The van der Waals surface area contributed by atoms with Crippen molar-refractivity contribution in [2.75, 3.05) is 29.5 Å². The number of hydrogen-bond acceptors (Lipinski definition) is 6. The average molecular weight is 250 g/mol. The van der Waals surface area contributed by atoms with Gasteiger partial charge in [-0.05, 0) is 22.4 Å². The summed E-state index contributed by atoms with van der Waals surface area (Å²) in [5, 5.41) is 8.45. The number of nitrogens with two attached hydrogens (primary N) is 1. The number of nitrogen functional groups attached to an aromatic ring is 1. The first-order valence-corrected chi connectivity index (χ1v) is 6.68. The van der Waals surface area contributed by atoms with Crippen molar-refractivity contribution in [1.82, 2.24) is 10.3 Å². The molecule has 1 fully saturated rings. The van der Waals surface area contributed by atoms with Gasteiger partial charge in [0.15, 0.2) is 11.0 Å². The molecule has 2 aromatic rings. The first-order valence-electron chi connectivity index (χ1n) is 5.63. The van der Waals surface area contributed by atoms with E-state index in [1.807, 2.05) is 23.9 Å². The minimum atomic E-state index is 0.615. The third kappa shape index (κ3) is 1.82. The molecule has 2 heterocycles. The van der Waals surface area contributed by atoms with Crippen molar-refractivity contribution in [3.05, 3.63) is 12.1 Å². The number of fused-ring (bicyclic) bond motifs is 1. The van der Waals surface area contributed by atoms with E-state index in [2.05, 4.69) is 22.1 Å². The lowest BCUT2D eigenvalue weighted by Crippen LogP contribution is -2.36. The van der Waals surface area contributed by atoms with Crippen molar-refractivity contribution in [1.29, 1.82) is 0 Å². The van der Waals surface area contributed by atoms with Crippen LogP contribution in [0.1, 0.15) is 6.92 Å². The Morgan fingerprint density at radius 3 is 3.06 bits per heavy atom. The summed E-state index contributed by atoms with van der Waals surface area (Å²) in [6.45, 7) is 4.30. The second-order valence-electron chi connectivity index (χ2n) is 4.26. The van der Waals surface area contributed by atoms with Crippen molar-refractivity contribution in [3.63, 3.8) is 0 Å². The van der Waals surface area contributed by atoms with E-state index in [1.165, 1.54) is 0 Å². The highest BCUT2D eigenvalue weighted by molar-refractivity contribution is 8.00. The lowest BCUT2D eigenvalue weighted by molar-refractivity contribution is 0.315. The van der Waals surface area contributed by atoms with Crippen LogP contribution in [0.25, 0.3) is 11.0 Å². The molecule has 0 amide bonds. The normalized spacial score (nSPS) is 21.0. The molecule has 0 radical (unpaired) electrons. The van der Waals surface area contributed by atoms with Gasteiger partial charge in [0.1, 0.15) is 0 Å². The van der Waals surface area contributed by atoms with E-state index in [0.717, 1.165) is 30.0 Å². The van der Waals surface area contributed by atoms with Gasteiger partial charge in [-0.1, -0.05) is 6.92 Å². The van der Waals surface area contributed by atoms with Crippen LogP contribution in [-0.4, -0.2) is 34.4 Å². The molecule has 1 aliphatic heterocycles. The maximum absolute atomic E-state index is 5.84. The quantitative estimate of drug-likeness (QED) is 0.778. The van der Waals surface area contributed by atoms with Gasteiger partial charge in [-0.3, -0.25) is 0 Å². The highest BCUT2D eigenvalue weighted by Gasteiger charge is 2.21. The molecule has 90 valence electrons. The smallest absolute Gasteiger partial charge is 0.160 e. The molecule has 6 heteroatoms. The van der Waals surface area contributed by atoms with Crippen LogP contribution in [0.4, 0.5) is 11.4 Å². The molecule has 3 rings (SSSR count). The highest BCUT2D eigenvalue weighted by Crippen LogP contribution is 2.31. The monoisotopic (exact) mass is 250 g/mol. The number of hydrogen-bond donors (Lipinski definition) is 1. The molecule has 1 unspecified atom stereocenters. The zero-order chi connectivity index (χ0) is 11.8. The predicted octanol–water partition coefficient (Wildman–Crippen LogP) is 1.75. The molecule has 1 aromatic carbocycles. The molecule has 0 aliphatic carbocycles. The number of aromatic nitrogens is 2. The number of nitrogens with zero attached hydrogens (tertiary/aromatic N) is 3. The summed E-state index contributed by atoms with van der Waals surface area (Å²) in [5.41, 5.74) is 8.96. The zero-order valence-electron chi connectivity index (χ0n) is 9.59. The SMILES string of the molecule is CC1CN(c2ccc(N)c3nonc23)CCS1. The molecule has 1 atom stereocenters. The number of thioether (sulfide) groups is 1. The summed E-state index contributed by atoms with van der Waals surface area (Å²) in [6, 6.07) is 3.87. The van der Waals surface area contributed by atoms with Crippen LogP contribution in [-0.2, 0) is 0 Å². The van der Waals surface area contributed by atoms with Crippen LogP contribution in [0, 0.1) is 0 Å². The fourth-order valence-electron chi connectivity index (χ4n) is 2.17. The Labute approximate surface area is 103 Å². The Balaban J connectivity index is 2.05. The Morgan fingerprint density at radius 2 is 2.24 bits per heavy atom. The van der Waals surface area contributed by atoms with Gasteiger partial charge < -0.3 is 10.6 Å². The van der Waals surface area contributed by atoms with Crippen LogP contribution in [0.3, 0.4) is 0 Å². The van der Waals surface area contributed by atoms with E-state index >= 15 is 0 Å². The largest absolute Gasteiger partial charge is 0.397 e. The summed E-state index contributed by atoms with van der Waals surface area (Å²) >= 11 is 2.00. The third-order valence-corrected chi connectivity index (χ3v) is 4.14. The second-order valence-corrected chi connectivity index (χ2v) is 5.81. The fourth-order valence-corrected chi connectivity index (χ4v) is 3.18. The van der Waals surface area contributed by atoms with E-state index in [-0.39, 0.29) is 0 Å². The van der Waals surface area contributed by atoms with Gasteiger partial charge in [0.25, 0.3) is 0 Å². The zero-order valence-corrected chi connectivity index (χ0v) is 10.4. The maximum atomic E-state index is 5.84. The van der Waals surface area contributed by atoms with Crippen LogP contribution in [0.15, 0.2) is 16.8 Å². The molecule has 1 aliphatic rings. The minimum Gasteiger partial charge on any atom is -0.397 e. The third-order valence-electron chi connectivity index (χ3n) is 3.01. The second kappa shape index (κ2) is 4.10. The van der Waals surface area contributed by atoms with E-state index in [0.29, 0.717) is 16.5 Å². The van der Waals surface area contributed by atoms with Gasteiger partial charge in [0, 0.05) is 24.1 Å². The lowest BCUT2D eigenvalue weighted by Gasteiger charge is -2.32. The van der Waals surface area contributed by atoms with E-state index < -0.39 is 0 Å². The fraction of sp³-hybridized carbons (Fsp3) is 0.455. The highest BCUT2D eigenvalue weighted by atomic mass is 32.2. The first-order chi connectivity index (χ1) is 8.25. The van der Waals surface area contributed by atoms with E-state index in [1.54, 1.807) is 0 Å². The first kappa shape index (κ1) is 10.7. The van der Waals surface area contributed by atoms with Crippen LogP contribution >= 0.6 is 11.8 Å². The lowest BCUT2D eigenvalue weighted by atomic mass is 10.2. The van der Waals surface area contributed by atoms with Gasteiger partial charge >= 0.3 is 0 Å². The Kier molecular flexibility index (Phi) is 2.58. The summed E-state index contributed by atoms with van der Waals surface area (Å²) in [6.07, 6.45) is 0. The predicted molar refractivity (Wildman–Crippen MR) is 70.3 cm³/mol. The van der Waals surface area contributed by atoms with Crippen molar-refractivity contribution >= 4 is 34.2 Å². The Morgan fingerprint density at radius 1 is 1.41 bits per heavy atom. The Hall–Kier alpha value is -1.43. The van der Waals surface area contributed by atoms with Gasteiger partial charge in [0.2, 0.25) is 0 Å². The minimum absolute atomic E-state index is 0.615. The maximum Gasteiger partial charge on any atom is 0.160 e. The average Bonchev–Trinajstić information content (AvgIpc) is 2.79. The standard InChI is InChI=1S/C11H14N4OS/c1-7-6-15(4-5-17-7)9-3-2-8(12)10-11(9)14-16-13-10/h2-3,7H,4-6,12H2,1H3. The molecule has 0 bridgehead atoms. The molecular formula is C11H14N4OS. The van der Waals surface area contributed by atoms with Crippen molar-refractivity contribution in [3.8, 4) is 0 Å². The van der Waals surface area contributed by atoms with Crippen LogP contribution in [0.5, 0.6) is 0 Å². The molecule has 0 saturated carbocycles. The van der Waals surface area contributed by atoms with Crippen molar-refractivity contribution in [2.45, 2.75) is 12.2 Å². The molecule has 17 heavy (non-hydrogen) atoms. The molecule has 5 nitrogen and oxygen atoms in total. The molecule has 1 aromatic heterocycles. The molecule has 0 spiro atoms. The van der Waals surface area contributed by atoms with Gasteiger partial charge in [-0.2, -0.15) is 11.8 Å².